The first-order chi connectivity index (χ1) is 8.88. The van der Waals surface area contributed by atoms with E-state index >= 15 is 0 Å². The summed E-state index contributed by atoms with van der Waals surface area (Å²) in [5.41, 5.74) is 0.268. The highest BCUT2D eigenvalue weighted by Crippen LogP contribution is 2.44. The lowest BCUT2D eigenvalue weighted by molar-refractivity contribution is -0.146. The number of hydrogen-bond donors (Lipinski definition) is 1. The van der Waals surface area contributed by atoms with Crippen LogP contribution in [-0.4, -0.2) is 16.1 Å². The number of aliphatic carboxylic acids is 1. The molecule has 4 heteroatoms. The Kier molecular flexibility index (Phi) is 4.29. The smallest absolute Gasteiger partial charge is 0.306 e. The summed E-state index contributed by atoms with van der Waals surface area (Å²) in [6.07, 6.45) is 5.49. The van der Waals surface area contributed by atoms with Gasteiger partial charge in [0.05, 0.1) is 10.9 Å². The predicted octanol–water partition coefficient (Wildman–Crippen LogP) is 3.85. The van der Waals surface area contributed by atoms with Crippen molar-refractivity contribution in [3.63, 3.8) is 0 Å². The third-order valence-electron chi connectivity index (χ3n) is 4.44. The Bertz CT molecular complexity index is 422. The number of thiazole rings is 1. The van der Waals surface area contributed by atoms with E-state index in [1.165, 1.54) is 0 Å². The highest BCUT2D eigenvalue weighted by atomic mass is 32.1. The van der Waals surface area contributed by atoms with Gasteiger partial charge in [0.25, 0.3) is 0 Å². The highest BCUT2D eigenvalue weighted by molar-refractivity contribution is 7.09. The molecule has 1 aliphatic carbocycles. The van der Waals surface area contributed by atoms with Crippen LogP contribution in [0.25, 0.3) is 0 Å². The van der Waals surface area contributed by atoms with E-state index in [0.29, 0.717) is 5.92 Å². The minimum Gasteiger partial charge on any atom is -0.481 e. The number of carbonyl (C=O) groups is 1. The van der Waals surface area contributed by atoms with Crippen molar-refractivity contribution in [2.75, 3.05) is 0 Å². The highest BCUT2D eigenvalue weighted by Gasteiger charge is 2.39. The molecule has 106 valence electrons. The van der Waals surface area contributed by atoms with Crippen LogP contribution < -0.4 is 0 Å². The second-order valence-corrected chi connectivity index (χ2v) is 7.69. The molecule has 3 atom stereocenters. The average molecular weight is 281 g/mol. The minimum absolute atomic E-state index is 0.192. The Morgan fingerprint density at radius 3 is 2.74 bits per heavy atom. The van der Waals surface area contributed by atoms with Crippen molar-refractivity contribution in [3.05, 3.63) is 16.6 Å². The van der Waals surface area contributed by atoms with Crippen LogP contribution in [0.5, 0.6) is 0 Å². The van der Waals surface area contributed by atoms with Crippen molar-refractivity contribution in [1.29, 1.82) is 0 Å². The van der Waals surface area contributed by atoms with Crippen molar-refractivity contribution in [2.24, 2.45) is 23.2 Å². The lowest BCUT2D eigenvalue weighted by Crippen LogP contribution is -2.36. The number of carboxylic acids is 1. The molecule has 0 saturated heterocycles. The minimum atomic E-state index is -0.631. The Hall–Kier alpha value is -0.900. The van der Waals surface area contributed by atoms with Crippen LogP contribution in [-0.2, 0) is 11.2 Å². The quantitative estimate of drug-likeness (QED) is 0.915. The van der Waals surface area contributed by atoms with E-state index in [9.17, 15) is 9.90 Å². The first-order valence-electron chi connectivity index (χ1n) is 6.99. The summed E-state index contributed by atoms with van der Waals surface area (Å²) in [6.45, 7) is 6.79. The number of aromatic nitrogens is 1. The van der Waals surface area contributed by atoms with Crippen molar-refractivity contribution in [3.8, 4) is 0 Å². The van der Waals surface area contributed by atoms with Crippen LogP contribution >= 0.6 is 11.3 Å². The fourth-order valence-electron chi connectivity index (χ4n) is 3.18. The number of hydrogen-bond acceptors (Lipinski definition) is 3. The molecular weight excluding hydrogens is 258 g/mol. The van der Waals surface area contributed by atoms with Gasteiger partial charge in [0, 0.05) is 18.0 Å². The van der Waals surface area contributed by atoms with E-state index in [4.69, 9.17) is 0 Å². The van der Waals surface area contributed by atoms with E-state index < -0.39 is 5.97 Å². The summed E-state index contributed by atoms with van der Waals surface area (Å²) in [7, 11) is 0. The number of carboxylic acid groups (broad SMARTS) is 1. The van der Waals surface area contributed by atoms with Crippen LogP contribution in [0.3, 0.4) is 0 Å². The Morgan fingerprint density at radius 1 is 1.47 bits per heavy atom. The zero-order valence-corrected chi connectivity index (χ0v) is 12.7. The zero-order valence-electron chi connectivity index (χ0n) is 11.9. The fourth-order valence-corrected chi connectivity index (χ4v) is 3.89. The summed E-state index contributed by atoms with van der Waals surface area (Å²) in [5, 5.41) is 12.5. The van der Waals surface area contributed by atoms with Gasteiger partial charge < -0.3 is 5.11 Å². The molecule has 0 bridgehead atoms. The monoisotopic (exact) mass is 281 g/mol. The maximum atomic E-state index is 11.4. The van der Waals surface area contributed by atoms with E-state index in [1.807, 2.05) is 5.38 Å². The molecule has 0 spiro atoms. The standard InChI is InChI=1S/C15H23NO2S/c1-15(2,3)11-4-5-12(14(17)18)10(8-11)9-13-16-6-7-19-13/h6-7,10-12H,4-5,8-9H2,1-3H3,(H,17,18). The molecule has 1 N–H and O–H groups in total. The summed E-state index contributed by atoms with van der Waals surface area (Å²) >= 11 is 1.64. The van der Waals surface area contributed by atoms with Gasteiger partial charge in [-0.3, -0.25) is 4.79 Å². The summed E-state index contributed by atoms with van der Waals surface area (Å²) in [4.78, 5) is 15.7. The van der Waals surface area contributed by atoms with Crippen LogP contribution in [0, 0.1) is 23.2 Å². The molecule has 0 aliphatic heterocycles. The molecule has 1 aromatic heterocycles. The molecule has 1 saturated carbocycles. The lowest BCUT2D eigenvalue weighted by Gasteiger charge is -2.40. The summed E-state index contributed by atoms with van der Waals surface area (Å²) < 4.78 is 0. The molecule has 1 aromatic rings. The molecule has 1 fully saturated rings. The van der Waals surface area contributed by atoms with Gasteiger partial charge in [0.2, 0.25) is 0 Å². The molecular formula is C15H23NO2S. The Labute approximate surface area is 119 Å². The molecule has 2 rings (SSSR count). The van der Waals surface area contributed by atoms with Gasteiger partial charge in [-0.05, 0) is 36.5 Å². The molecule has 0 aromatic carbocycles. The zero-order chi connectivity index (χ0) is 14.0. The van der Waals surface area contributed by atoms with Crippen LogP contribution in [0.4, 0.5) is 0 Å². The lowest BCUT2D eigenvalue weighted by atomic mass is 9.65. The van der Waals surface area contributed by atoms with E-state index in [-0.39, 0.29) is 17.3 Å². The van der Waals surface area contributed by atoms with Gasteiger partial charge in [-0.25, -0.2) is 4.98 Å². The fraction of sp³-hybridized carbons (Fsp3) is 0.733. The normalized spacial score (nSPS) is 28.3. The maximum Gasteiger partial charge on any atom is 0.306 e. The number of nitrogens with zero attached hydrogens (tertiary/aromatic N) is 1. The first kappa shape index (κ1) is 14.5. The largest absolute Gasteiger partial charge is 0.481 e. The van der Waals surface area contributed by atoms with Crippen LogP contribution in [0.2, 0.25) is 0 Å². The predicted molar refractivity (Wildman–Crippen MR) is 77.2 cm³/mol. The summed E-state index contributed by atoms with van der Waals surface area (Å²) in [5.74, 6) is 0.0334. The molecule has 0 amide bonds. The van der Waals surface area contributed by atoms with Gasteiger partial charge in [0.1, 0.15) is 0 Å². The topological polar surface area (TPSA) is 50.2 Å². The van der Waals surface area contributed by atoms with E-state index in [1.54, 1.807) is 17.5 Å². The van der Waals surface area contributed by atoms with Crippen molar-refractivity contribution in [1.82, 2.24) is 4.98 Å². The average Bonchev–Trinajstić information content (AvgIpc) is 2.80. The third kappa shape index (κ3) is 3.56. The molecule has 0 radical (unpaired) electrons. The van der Waals surface area contributed by atoms with Gasteiger partial charge in [0.15, 0.2) is 0 Å². The van der Waals surface area contributed by atoms with E-state index in [2.05, 4.69) is 25.8 Å². The van der Waals surface area contributed by atoms with Crippen molar-refractivity contribution < 1.29 is 9.90 Å². The summed E-state index contributed by atoms with van der Waals surface area (Å²) in [6, 6.07) is 0. The Balaban J connectivity index is 2.11. The Morgan fingerprint density at radius 2 is 2.21 bits per heavy atom. The van der Waals surface area contributed by atoms with Crippen molar-refractivity contribution >= 4 is 17.3 Å². The maximum absolute atomic E-state index is 11.4. The molecule has 19 heavy (non-hydrogen) atoms. The SMILES string of the molecule is CC(C)(C)C1CCC(C(=O)O)C(Cc2nccs2)C1. The second-order valence-electron chi connectivity index (χ2n) is 6.71. The number of rotatable bonds is 3. The van der Waals surface area contributed by atoms with Crippen LogP contribution in [0.1, 0.15) is 45.0 Å². The molecule has 3 nitrogen and oxygen atoms in total. The van der Waals surface area contributed by atoms with Crippen molar-refractivity contribution in [2.45, 2.75) is 46.5 Å². The van der Waals surface area contributed by atoms with Crippen LogP contribution in [0.15, 0.2) is 11.6 Å². The van der Waals surface area contributed by atoms with Gasteiger partial charge in [-0.1, -0.05) is 20.8 Å². The van der Waals surface area contributed by atoms with Gasteiger partial charge in [-0.15, -0.1) is 11.3 Å². The second kappa shape index (κ2) is 5.61. The van der Waals surface area contributed by atoms with Gasteiger partial charge in [-0.2, -0.15) is 0 Å². The molecule has 1 aliphatic rings. The third-order valence-corrected chi connectivity index (χ3v) is 5.25. The van der Waals surface area contributed by atoms with Gasteiger partial charge >= 0.3 is 5.97 Å². The van der Waals surface area contributed by atoms with E-state index in [0.717, 1.165) is 30.7 Å². The molecule has 1 heterocycles. The molecule has 3 unspecified atom stereocenters. The first-order valence-corrected chi connectivity index (χ1v) is 7.87.